The summed E-state index contributed by atoms with van der Waals surface area (Å²) in [4.78, 5) is 10.3. The number of benzene rings is 7. The molecule has 2 atom stereocenters. The van der Waals surface area contributed by atoms with E-state index in [-0.39, 0.29) is 12.3 Å². The summed E-state index contributed by atoms with van der Waals surface area (Å²) < 4.78 is 1.20. The molecule has 4 nitrogen and oxygen atoms in total. The number of hydrogen-bond acceptors (Lipinski definition) is 5. The molecule has 0 saturated carbocycles. The monoisotopic (exact) mass is 648 g/mol. The third-order valence-electron chi connectivity index (χ3n) is 9.19. The fraction of sp³-hybridized carbons (Fsp3) is 0.0455. The van der Waals surface area contributed by atoms with E-state index in [2.05, 4.69) is 168 Å². The summed E-state index contributed by atoms with van der Waals surface area (Å²) in [7, 11) is 0. The first-order chi connectivity index (χ1) is 24.2. The van der Waals surface area contributed by atoms with Gasteiger partial charge in [0.15, 0.2) is 0 Å². The third kappa shape index (κ3) is 5.80. The second-order valence-corrected chi connectivity index (χ2v) is 13.4. The van der Waals surface area contributed by atoms with E-state index in [0.29, 0.717) is 0 Å². The van der Waals surface area contributed by atoms with E-state index >= 15 is 0 Å². The van der Waals surface area contributed by atoms with E-state index in [0.717, 1.165) is 44.2 Å². The van der Waals surface area contributed by atoms with Gasteiger partial charge in [0, 0.05) is 16.5 Å². The predicted octanol–water partition coefficient (Wildman–Crippen LogP) is 10.8. The van der Waals surface area contributed by atoms with Gasteiger partial charge in [-0.05, 0) is 57.0 Å². The van der Waals surface area contributed by atoms with Crippen LogP contribution in [-0.2, 0) is 0 Å². The first-order valence-electron chi connectivity index (χ1n) is 16.6. The minimum Gasteiger partial charge on any atom is -0.350 e. The molecule has 2 heterocycles. The Morgan fingerprint density at radius 3 is 1.88 bits per heavy atom. The zero-order valence-corrected chi connectivity index (χ0v) is 27.4. The van der Waals surface area contributed by atoms with Gasteiger partial charge in [0.05, 0.1) is 10.2 Å². The molecule has 1 aromatic heterocycles. The summed E-state index contributed by atoms with van der Waals surface area (Å²) >= 11 is 1.74. The summed E-state index contributed by atoms with van der Waals surface area (Å²) in [6.07, 6.45) is -0.333. The maximum absolute atomic E-state index is 5.23. The summed E-state index contributed by atoms with van der Waals surface area (Å²) in [5.41, 5.74) is 10.3. The highest BCUT2D eigenvalue weighted by molar-refractivity contribution is 7.21. The van der Waals surface area contributed by atoms with Gasteiger partial charge in [-0.1, -0.05) is 152 Å². The maximum Gasteiger partial charge on any atom is 0.131 e. The highest BCUT2D eigenvalue weighted by Crippen LogP contribution is 2.36. The van der Waals surface area contributed by atoms with E-state index in [1.807, 2.05) is 12.1 Å². The van der Waals surface area contributed by atoms with Crippen LogP contribution in [0.5, 0.6) is 0 Å². The summed E-state index contributed by atoms with van der Waals surface area (Å²) in [5.74, 6) is 0.871. The van der Waals surface area contributed by atoms with Crippen molar-refractivity contribution in [1.82, 2.24) is 15.6 Å². The van der Waals surface area contributed by atoms with Crippen molar-refractivity contribution in [2.45, 2.75) is 12.3 Å². The fourth-order valence-corrected chi connectivity index (χ4v) is 7.62. The lowest BCUT2D eigenvalue weighted by Crippen LogP contribution is -2.44. The molecule has 0 fully saturated rings. The molecule has 5 heteroatoms. The molecule has 49 heavy (non-hydrogen) atoms. The van der Waals surface area contributed by atoms with Gasteiger partial charge in [-0.2, -0.15) is 0 Å². The van der Waals surface area contributed by atoms with Crippen molar-refractivity contribution in [2.24, 2.45) is 4.99 Å². The molecule has 0 spiro atoms. The van der Waals surface area contributed by atoms with Crippen LogP contribution in [0, 0.1) is 0 Å². The quantitative estimate of drug-likeness (QED) is 0.189. The average Bonchev–Trinajstić information content (AvgIpc) is 3.64. The van der Waals surface area contributed by atoms with E-state index in [9.17, 15) is 0 Å². The van der Waals surface area contributed by atoms with Crippen LogP contribution in [0.25, 0.3) is 53.8 Å². The lowest BCUT2D eigenvalue weighted by atomic mass is 9.98. The van der Waals surface area contributed by atoms with Gasteiger partial charge < -0.3 is 5.32 Å². The van der Waals surface area contributed by atoms with Crippen molar-refractivity contribution in [1.29, 1.82) is 0 Å². The summed E-state index contributed by atoms with van der Waals surface area (Å²) in [6.45, 7) is 0. The number of fused-ring (bicyclic) bond motifs is 3. The van der Waals surface area contributed by atoms with Gasteiger partial charge >= 0.3 is 0 Å². The highest BCUT2D eigenvalue weighted by atomic mass is 32.1. The van der Waals surface area contributed by atoms with E-state index in [1.54, 1.807) is 11.3 Å². The highest BCUT2D eigenvalue weighted by Gasteiger charge is 2.25. The van der Waals surface area contributed by atoms with Crippen molar-refractivity contribution < 1.29 is 0 Å². The number of rotatable bonds is 6. The topological polar surface area (TPSA) is 49.3 Å². The fourth-order valence-electron chi connectivity index (χ4n) is 6.64. The molecule has 0 saturated heterocycles. The first-order valence-corrected chi connectivity index (χ1v) is 17.4. The van der Waals surface area contributed by atoms with Crippen molar-refractivity contribution in [2.75, 3.05) is 0 Å². The number of nitrogens with zero attached hydrogens (tertiary/aromatic N) is 2. The number of amidine groups is 1. The molecule has 9 rings (SSSR count). The van der Waals surface area contributed by atoms with Crippen LogP contribution in [-0.4, -0.2) is 10.8 Å². The van der Waals surface area contributed by atoms with Gasteiger partial charge in [-0.3, -0.25) is 5.32 Å². The lowest BCUT2D eigenvalue weighted by Gasteiger charge is -2.32. The average molecular weight is 649 g/mol. The molecular weight excluding hydrogens is 617 g/mol. The number of hydrogen-bond donors (Lipinski definition) is 2. The van der Waals surface area contributed by atoms with Crippen LogP contribution in [0.3, 0.4) is 0 Å². The van der Waals surface area contributed by atoms with Crippen LogP contribution in [0.2, 0.25) is 0 Å². The van der Waals surface area contributed by atoms with Crippen LogP contribution in [0.1, 0.15) is 29.0 Å². The normalized spacial score (nSPS) is 16.0. The Bertz CT molecular complexity index is 2440. The van der Waals surface area contributed by atoms with Gasteiger partial charge in [0.1, 0.15) is 23.2 Å². The predicted molar refractivity (Wildman–Crippen MR) is 205 cm³/mol. The Morgan fingerprint density at radius 2 is 1.10 bits per heavy atom. The largest absolute Gasteiger partial charge is 0.350 e. The second-order valence-electron chi connectivity index (χ2n) is 12.3. The van der Waals surface area contributed by atoms with Gasteiger partial charge in [-0.15, -0.1) is 11.3 Å². The molecular formula is C44H32N4S. The first kappa shape index (κ1) is 29.3. The van der Waals surface area contributed by atoms with Crippen molar-refractivity contribution in [3.8, 4) is 32.8 Å². The van der Waals surface area contributed by atoms with E-state index in [4.69, 9.17) is 9.98 Å². The molecule has 0 radical (unpaired) electrons. The molecule has 0 aliphatic carbocycles. The van der Waals surface area contributed by atoms with Crippen LogP contribution < -0.4 is 10.6 Å². The van der Waals surface area contributed by atoms with E-state index < -0.39 is 0 Å². The molecule has 8 aromatic rings. The molecule has 2 unspecified atom stereocenters. The minimum absolute atomic E-state index is 0.0990. The van der Waals surface area contributed by atoms with Crippen molar-refractivity contribution in [3.63, 3.8) is 0 Å². The molecule has 1 aliphatic rings. The Morgan fingerprint density at radius 1 is 0.490 bits per heavy atom. The maximum atomic E-state index is 5.23. The van der Waals surface area contributed by atoms with Crippen molar-refractivity contribution in [3.05, 3.63) is 187 Å². The summed E-state index contributed by atoms with van der Waals surface area (Å²) in [6, 6.07) is 60.0. The standard InChI is InChI=1S/C44H32N4S/c1-4-11-29(12-5-1)30-19-21-32(22-20-30)42-46-41(31-13-6-2-7-14-31)47-43(48-42)37-18-10-17-34(28-37)35-23-25-38-36(27-35)24-26-39-40(38)45-44(49-39)33-15-8-3-9-16-33/h1-28,41,43,47H,(H,46,48). The van der Waals surface area contributed by atoms with Gasteiger partial charge in [0.25, 0.3) is 0 Å². The number of aromatic nitrogens is 1. The number of thiazole rings is 1. The third-order valence-corrected chi connectivity index (χ3v) is 10.3. The molecule has 234 valence electrons. The molecule has 1 aliphatic heterocycles. The van der Waals surface area contributed by atoms with Crippen LogP contribution >= 0.6 is 11.3 Å². The van der Waals surface area contributed by atoms with Crippen LogP contribution in [0.4, 0.5) is 0 Å². The lowest BCUT2D eigenvalue weighted by molar-refractivity contribution is 0.409. The Labute approximate surface area is 289 Å². The van der Waals surface area contributed by atoms with Crippen LogP contribution in [0.15, 0.2) is 175 Å². The Hall–Kier alpha value is -5.88. The summed E-state index contributed by atoms with van der Waals surface area (Å²) in [5, 5.41) is 10.8. The van der Waals surface area contributed by atoms with Gasteiger partial charge in [-0.25, -0.2) is 9.98 Å². The number of nitrogens with one attached hydrogen (secondary N) is 2. The molecule has 0 bridgehead atoms. The Balaban J connectivity index is 1.06. The molecule has 7 aromatic carbocycles. The zero-order valence-electron chi connectivity index (χ0n) is 26.6. The minimum atomic E-state index is -0.235. The second kappa shape index (κ2) is 12.6. The van der Waals surface area contributed by atoms with E-state index in [1.165, 1.54) is 32.2 Å². The number of aliphatic imine (C=N–C) groups is 1. The molecule has 2 N–H and O–H groups in total. The molecule has 0 amide bonds. The Kier molecular flexibility index (Phi) is 7.54. The smallest absolute Gasteiger partial charge is 0.131 e. The van der Waals surface area contributed by atoms with Crippen molar-refractivity contribution >= 4 is 38.2 Å². The van der Waals surface area contributed by atoms with Gasteiger partial charge in [0.2, 0.25) is 0 Å². The zero-order chi connectivity index (χ0) is 32.6. The SMILES string of the molecule is c1ccc(-c2ccc(C3=NC(c4cccc(-c5ccc6c(ccc7sc(-c8ccccc8)nc76)c5)c4)NC(c4ccccc4)N3)cc2)cc1.